The Morgan fingerprint density at radius 1 is 0.947 bits per heavy atom. The molecule has 0 saturated heterocycles. The topological polar surface area (TPSA) is 26.0 Å². The summed E-state index contributed by atoms with van der Waals surface area (Å²) in [6.07, 6.45) is 4.71. The molecule has 0 amide bonds. The highest BCUT2D eigenvalue weighted by atomic mass is 14.8. The maximum Gasteiger partial charge on any atom is 0.0415 e. The minimum absolute atomic E-state index is 0.147. The summed E-state index contributed by atoms with van der Waals surface area (Å²) in [6, 6.07) is 15.2. The molecule has 0 heterocycles. The van der Waals surface area contributed by atoms with Gasteiger partial charge in [0.05, 0.1) is 0 Å². The van der Waals surface area contributed by atoms with E-state index in [4.69, 9.17) is 5.73 Å². The van der Waals surface area contributed by atoms with Gasteiger partial charge in [-0.1, -0.05) is 56.7 Å². The molecule has 100 valence electrons. The van der Waals surface area contributed by atoms with Crippen molar-refractivity contribution in [2.24, 2.45) is 11.1 Å². The number of nitrogens with two attached hydrogens (primary N) is 1. The molecule has 3 rings (SSSR count). The van der Waals surface area contributed by atoms with Crippen molar-refractivity contribution < 1.29 is 0 Å². The highest BCUT2D eigenvalue weighted by molar-refractivity contribution is 5.83. The monoisotopic (exact) mass is 253 g/mol. The lowest BCUT2D eigenvalue weighted by Gasteiger charge is -2.43. The Kier molecular flexibility index (Phi) is 2.90. The molecule has 1 nitrogen and oxygen atoms in total. The second-order valence-electron chi connectivity index (χ2n) is 6.91. The fourth-order valence-corrected chi connectivity index (χ4v) is 3.66. The second kappa shape index (κ2) is 4.35. The molecule has 2 aromatic rings. The molecule has 0 aromatic heterocycles. The second-order valence-corrected chi connectivity index (χ2v) is 6.91. The van der Waals surface area contributed by atoms with Gasteiger partial charge in [0.2, 0.25) is 0 Å². The third kappa shape index (κ3) is 2.40. The summed E-state index contributed by atoms with van der Waals surface area (Å²) in [5, 5.41) is 2.60. The molecule has 0 aliphatic heterocycles. The molecule has 1 aliphatic rings. The van der Waals surface area contributed by atoms with Gasteiger partial charge in [-0.25, -0.2) is 0 Å². The smallest absolute Gasteiger partial charge is 0.0415 e. The third-order valence-electron chi connectivity index (χ3n) is 4.59. The van der Waals surface area contributed by atoms with Crippen LogP contribution in [0.5, 0.6) is 0 Å². The molecule has 0 bridgehead atoms. The Hall–Kier alpha value is -1.34. The summed E-state index contributed by atoms with van der Waals surface area (Å²) in [7, 11) is 0. The Labute approximate surface area is 115 Å². The van der Waals surface area contributed by atoms with Gasteiger partial charge in [0.15, 0.2) is 0 Å². The molecule has 1 unspecified atom stereocenters. The van der Waals surface area contributed by atoms with Gasteiger partial charge >= 0.3 is 0 Å². The Morgan fingerprint density at radius 2 is 1.68 bits per heavy atom. The minimum atomic E-state index is -0.147. The van der Waals surface area contributed by atoms with Crippen LogP contribution in [0.4, 0.5) is 0 Å². The lowest BCUT2D eigenvalue weighted by Crippen LogP contribution is -2.44. The van der Waals surface area contributed by atoms with Crippen molar-refractivity contribution in [1.29, 1.82) is 0 Å². The van der Waals surface area contributed by atoms with Crippen LogP contribution < -0.4 is 5.73 Å². The van der Waals surface area contributed by atoms with Crippen molar-refractivity contribution in [1.82, 2.24) is 0 Å². The first-order valence-corrected chi connectivity index (χ1v) is 7.27. The van der Waals surface area contributed by atoms with E-state index in [1.54, 1.807) is 0 Å². The molecule has 1 atom stereocenters. The number of benzene rings is 2. The standard InChI is InChI=1S/C18H23N/c1-17(2)10-5-11-18(19,13-17)16-9-8-14-6-3-4-7-15(14)12-16/h3-4,6-9,12H,5,10-11,13,19H2,1-2H3. The zero-order valence-corrected chi connectivity index (χ0v) is 11.9. The highest BCUT2D eigenvalue weighted by Gasteiger charge is 2.38. The fraction of sp³-hybridized carbons (Fsp3) is 0.444. The zero-order chi connectivity index (χ0) is 13.5. The van der Waals surface area contributed by atoms with E-state index in [-0.39, 0.29) is 5.54 Å². The van der Waals surface area contributed by atoms with E-state index < -0.39 is 0 Å². The van der Waals surface area contributed by atoms with Crippen LogP contribution in [0, 0.1) is 5.41 Å². The molecule has 1 aliphatic carbocycles. The summed E-state index contributed by atoms with van der Waals surface area (Å²) < 4.78 is 0. The first-order chi connectivity index (χ1) is 8.99. The van der Waals surface area contributed by atoms with Crippen LogP contribution in [0.2, 0.25) is 0 Å². The van der Waals surface area contributed by atoms with Crippen LogP contribution in [0.3, 0.4) is 0 Å². The predicted molar refractivity (Wildman–Crippen MR) is 82.1 cm³/mol. The van der Waals surface area contributed by atoms with Gasteiger partial charge in [0, 0.05) is 5.54 Å². The molecule has 2 aromatic carbocycles. The maximum absolute atomic E-state index is 6.75. The number of fused-ring (bicyclic) bond motifs is 1. The van der Waals surface area contributed by atoms with Crippen LogP contribution in [0.1, 0.15) is 45.1 Å². The van der Waals surface area contributed by atoms with Gasteiger partial charge < -0.3 is 5.73 Å². The molecule has 0 radical (unpaired) electrons. The normalized spacial score (nSPS) is 26.5. The minimum Gasteiger partial charge on any atom is -0.321 e. The van der Waals surface area contributed by atoms with E-state index in [1.165, 1.54) is 29.2 Å². The van der Waals surface area contributed by atoms with E-state index in [0.29, 0.717) is 5.41 Å². The molecular formula is C18H23N. The van der Waals surface area contributed by atoms with Crippen molar-refractivity contribution in [2.45, 2.75) is 45.1 Å². The van der Waals surface area contributed by atoms with Crippen molar-refractivity contribution in [2.75, 3.05) is 0 Å². The van der Waals surface area contributed by atoms with Crippen molar-refractivity contribution >= 4 is 10.8 Å². The van der Waals surface area contributed by atoms with Crippen LogP contribution in [0.25, 0.3) is 10.8 Å². The van der Waals surface area contributed by atoms with Gasteiger partial charge in [-0.2, -0.15) is 0 Å². The first kappa shape index (κ1) is 12.7. The third-order valence-corrected chi connectivity index (χ3v) is 4.59. The number of hydrogen-bond acceptors (Lipinski definition) is 1. The van der Waals surface area contributed by atoms with E-state index in [2.05, 4.69) is 56.3 Å². The molecule has 19 heavy (non-hydrogen) atoms. The lowest BCUT2D eigenvalue weighted by molar-refractivity contribution is 0.151. The van der Waals surface area contributed by atoms with Crippen LogP contribution in [-0.4, -0.2) is 0 Å². The molecule has 1 saturated carbocycles. The van der Waals surface area contributed by atoms with Crippen molar-refractivity contribution in [3.8, 4) is 0 Å². The SMILES string of the molecule is CC1(C)CCCC(N)(c2ccc3ccccc3c2)C1. The van der Waals surface area contributed by atoms with E-state index in [0.717, 1.165) is 12.8 Å². The molecule has 0 spiro atoms. The Morgan fingerprint density at radius 3 is 2.42 bits per heavy atom. The zero-order valence-electron chi connectivity index (χ0n) is 11.9. The van der Waals surface area contributed by atoms with E-state index in [1.807, 2.05) is 0 Å². The van der Waals surface area contributed by atoms with Gasteiger partial charge in [0.25, 0.3) is 0 Å². The average molecular weight is 253 g/mol. The summed E-state index contributed by atoms with van der Waals surface area (Å²) >= 11 is 0. The van der Waals surface area contributed by atoms with Crippen LogP contribution in [0.15, 0.2) is 42.5 Å². The first-order valence-electron chi connectivity index (χ1n) is 7.27. The molecule has 1 fully saturated rings. The number of rotatable bonds is 1. The maximum atomic E-state index is 6.75. The largest absolute Gasteiger partial charge is 0.321 e. The predicted octanol–water partition coefficient (Wildman–Crippen LogP) is 4.59. The van der Waals surface area contributed by atoms with Crippen molar-refractivity contribution in [3.05, 3.63) is 48.0 Å². The summed E-state index contributed by atoms with van der Waals surface area (Å²) in [5.74, 6) is 0. The quantitative estimate of drug-likeness (QED) is 0.790. The summed E-state index contributed by atoms with van der Waals surface area (Å²) in [5.41, 5.74) is 8.26. The summed E-state index contributed by atoms with van der Waals surface area (Å²) in [6.45, 7) is 4.68. The van der Waals surface area contributed by atoms with Gasteiger partial charge in [-0.15, -0.1) is 0 Å². The Bertz CT molecular complexity index is 599. The number of hydrogen-bond donors (Lipinski definition) is 1. The lowest BCUT2D eigenvalue weighted by atomic mass is 9.66. The average Bonchev–Trinajstić information content (AvgIpc) is 2.36. The summed E-state index contributed by atoms with van der Waals surface area (Å²) in [4.78, 5) is 0. The van der Waals surface area contributed by atoms with E-state index >= 15 is 0 Å². The Balaban J connectivity index is 2.03. The van der Waals surface area contributed by atoms with Gasteiger partial charge in [0.1, 0.15) is 0 Å². The molecule has 2 N–H and O–H groups in total. The molecular weight excluding hydrogens is 230 g/mol. The highest BCUT2D eigenvalue weighted by Crippen LogP contribution is 2.45. The van der Waals surface area contributed by atoms with Gasteiger partial charge in [-0.05, 0) is 47.1 Å². The van der Waals surface area contributed by atoms with Gasteiger partial charge in [-0.3, -0.25) is 0 Å². The van der Waals surface area contributed by atoms with Crippen LogP contribution >= 0.6 is 0 Å². The fourth-order valence-electron chi connectivity index (χ4n) is 3.66. The van der Waals surface area contributed by atoms with Crippen LogP contribution in [-0.2, 0) is 5.54 Å². The van der Waals surface area contributed by atoms with E-state index in [9.17, 15) is 0 Å². The molecule has 1 heteroatoms. The van der Waals surface area contributed by atoms with Crippen molar-refractivity contribution in [3.63, 3.8) is 0 Å².